The predicted octanol–water partition coefficient (Wildman–Crippen LogP) is 1.13. The van der Waals surface area contributed by atoms with Crippen LogP contribution in [0.25, 0.3) is 0 Å². The van der Waals surface area contributed by atoms with Gasteiger partial charge in [-0.2, -0.15) is 0 Å². The van der Waals surface area contributed by atoms with E-state index in [4.69, 9.17) is 5.11 Å². The molecule has 6 nitrogen and oxygen atoms in total. The van der Waals surface area contributed by atoms with Crippen LogP contribution in [0.4, 0.5) is 13.6 Å². The number of carboxylic acids is 1. The van der Waals surface area contributed by atoms with Gasteiger partial charge in [-0.05, 0) is 12.5 Å². The quantitative estimate of drug-likeness (QED) is 0.633. The minimum atomic E-state index is -2.84. The van der Waals surface area contributed by atoms with Crippen molar-refractivity contribution in [2.24, 2.45) is 0 Å². The molecule has 2 amide bonds. The number of carboxylic acid groups (broad SMARTS) is 1. The van der Waals surface area contributed by atoms with Crippen LogP contribution in [-0.4, -0.2) is 40.8 Å². The van der Waals surface area contributed by atoms with Crippen LogP contribution in [0.3, 0.4) is 0 Å². The number of aliphatic hydroxyl groups is 1. The SMILES string of the molecule is CC(O)(CNC(=O)NC(c1ccccc1)C(F)F)C(=O)O. The Labute approximate surface area is 119 Å². The van der Waals surface area contributed by atoms with Crippen LogP contribution in [0.15, 0.2) is 30.3 Å². The minimum Gasteiger partial charge on any atom is -0.479 e. The van der Waals surface area contributed by atoms with Crippen LogP contribution < -0.4 is 10.6 Å². The highest BCUT2D eigenvalue weighted by molar-refractivity contribution is 5.79. The second kappa shape index (κ2) is 6.98. The van der Waals surface area contributed by atoms with E-state index in [9.17, 15) is 23.5 Å². The van der Waals surface area contributed by atoms with Crippen molar-refractivity contribution >= 4 is 12.0 Å². The van der Waals surface area contributed by atoms with E-state index in [1.54, 1.807) is 18.2 Å². The fourth-order valence-corrected chi connectivity index (χ4v) is 1.47. The third-order valence-corrected chi connectivity index (χ3v) is 2.75. The molecule has 0 fully saturated rings. The highest BCUT2D eigenvalue weighted by atomic mass is 19.3. The summed E-state index contributed by atoms with van der Waals surface area (Å²) < 4.78 is 25.9. The van der Waals surface area contributed by atoms with Crippen molar-refractivity contribution in [3.8, 4) is 0 Å². The highest BCUT2D eigenvalue weighted by Gasteiger charge is 2.31. The van der Waals surface area contributed by atoms with E-state index in [0.717, 1.165) is 6.92 Å². The molecule has 0 radical (unpaired) electrons. The van der Waals surface area contributed by atoms with E-state index in [1.165, 1.54) is 12.1 Å². The third kappa shape index (κ3) is 4.99. The Balaban J connectivity index is 2.65. The average Bonchev–Trinajstić information content (AvgIpc) is 2.43. The fraction of sp³-hybridized carbons (Fsp3) is 0.385. The lowest BCUT2D eigenvalue weighted by atomic mass is 10.1. The molecule has 1 aromatic rings. The number of carbonyl (C=O) groups excluding carboxylic acids is 1. The highest BCUT2D eigenvalue weighted by Crippen LogP contribution is 2.20. The predicted molar refractivity (Wildman–Crippen MR) is 70.0 cm³/mol. The number of amides is 2. The summed E-state index contributed by atoms with van der Waals surface area (Å²) in [7, 11) is 0. The maximum absolute atomic E-state index is 13.0. The van der Waals surface area contributed by atoms with Crippen LogP contribution in [0, 0.1) is 0 Å². The van der Waals surface area contributed by atoms with Gasteiger partial charge < -0.3 is 20.8 Å². The van der Waals surface area contributed by atoms with Gasteiger partial charge in [-0.25, -0.2) is 18.4 Å². The molecule has 0 saturated heterocycles. The van der Waals surface area contributed by atoms with E-state index in [1.807, 2.05) is 10.6 Å². The van der Waals surface area contributed by atoms with Crippen molar-refractivity contribution in [3.63, 3.8) is 0 Å². The summed E-state index contributed by atoms with van der Waals surface area (Å²) in [6.07, 6.45) is -2.84. The summed E-state index contributed by atoms with van der Waals surface area (Å²) in [5.74, 6) is -1.53. The monoisotopic (exact) mass is 302 g/mol. The molecule has 0 heterocycles. The number of hydrogen-bond donors (Lipinski definition) is 4. The number of nitrogens with one attached hydrogen (secondary N) is 2. The molecular weight excluding hydrogens is 286 g/mol. The van der Waals surface area contributed by atoms with Crippen LogP contribution in [0.2, 0.25) is 0 Å². The zero-order valence-electron chi connectivity index (χ0n) is 11.2. The molecular formula is C13H16F2N2O4. The first-order chi connectivity index (χ1) is 9.74. The molecule has 0 saturated carbocycles. The van der Waals surface area contributed by atoms with Gasteiger partial charge in [0, 0.05) is 0 Å². The second-order valence-corrected chi connectivity index (χ2v) is 4.63. The number of halogens is 2. The molecule has 2 unspecified atom stereocenters. The molecule has 1 rings (SSSR count). The molecule has 0 aliphatic heterocycles. The number of rotatable bonds is 6. The molecule has 2 atom stereocenters. The Morgan fingerprint density at radius 2 is 1.86 bits per heavy atom. The number of hydrogen-bond acceptors (Lipinski definition) is 3. The van der Waals surface area contributed by atoms with E-state index in [2.05, 4.69) is 0 Å². The zero-order valence-corrected chi connectivity index (χ0v) is 11.2. The molecule has 0 aliphatic rings. The number of urea groups is 1. The first-order valence-corrected chi connectivity index (χ1v) is 6.07. The van der Waals surface area contributed by atoms with Gasteiger partial charge in [-0.15, -0.1) is 0 Å². The molecule has 21 heavy (non-hydrogen) atoms. The van der Waals surface area contributed by atoms with Crippen molar-refractivity contribution in [2.75, 3.05) is 6.54 Å². The van der Waals surface area contributed by atoms with Crippen LogP contribution in [0.1, 0.15) is 18.5 Å². The molecule has 0 spiro atoms. The maximum Gasteiger partial charge on any atom is 0.337 e. The minimum absolute atomic E-state index is 0.215. The summed E-state index contributed by atoms with van der Waals surface area (Å²) in [6.45, 7) is 0.371. The van der Waals surface area contributed by atoms with Gasteiger partial charge >= 0.3 is 12.0 Å². The number of carbonyl (C=O) groups is 2. The normalized spacial score (nSPS) is 15.1. The van der Waals surface area contributed by atoms with Gasteiger partial charge in [0.15, 0.2) is 5.60 Å². The Kier molecular flexibility index (Phi) is 5.60. The zero-order chi connectivity index (χ0) is 16.0. The van der Waals surface area contributed by atoms with Crippen LogP contribution in [0.5, 0.6) is 0 Å². The van der Waals surface area contributed by atoms with Gasteiger partial charge in [0.05, 0.1) is 6.54 Å². The molecule has 4 N–H and O–H groups in total. The van der Waals surface area contributed by atoms with Crippen molar-refractivity contribution in [1.29, 1.82) is 0 Å². The van der Waals surface area contributed by atoms with E-state index >= 15 is 0 Å². The molecule has 0 bridgehead atoms. The summed E-state index contributed by atoms with van der Waals surface area (Å²) in [6, 6.07) is 5.11. The molecule has 8 heteroatoms. The molecule has 116 valence electrons. The molecule has 0 aromatic heterocycles. The topological polar surface area (TPSA) is 98.7 Å². The summed E-state index contributed by atoms with van der Waals surface area (Å²) >= 11 is 0. The number of aliphatic carboxylic acids is 1. The Bertz CT molecular complexity index is 494. The third-order valence-electron chi connectivity index (χ3n) is 2.75. The van der Waals surface area contributed by atoms with Gasteiger partial charge in [-0.3, -0.25) is 0 Å². The van der Waals surface area contributed by atoms with Crippen LogP contribution >= 0.6 is 0 Å². The van der Waals surface area contributed by atoms with Gasteiger partial charge in [-0.1, -0.05) is 30.3 Å². The lowest BCUT2D eigenvalue weighted by Gasteiger charge is -2.21. The Hall–Kier alpha value is -2.22. The van der Waals surface area contributed by atoms with Gasteiger partial charge in [0.25, 0.3) is 6.43 Å². The summed E-state index contributed by atoms with van der Waals surface area (Å²) in [4.78, 5) is 22.2. The van der Waals surface area contributed by atoms with Gasteiger partial charge in [0.1, 0.15) is 6.04 Å². The van der Waals surface area contributed by atoms with Crippen molar-refractivity contribution in [2.45, 2.75) is 25.0 Å². The Morgan fingerprint density at radius 1 is 1.29 bits per heavy atom. The van der Waals surface area contributed by atoms with E-state index in [-0.39, 0.29) is 5.56 Å². The lowest BCUT2D eigenvalue weighted by molar-refractivity contribution is -0.155. The average molecular weight is 302 g/mol. The molecule has 1 aromatic carbocycles. The van der Waals surface area contributed by atoms with Gasteiger partial charge in [0.2, 0.25) is 0 Å². The second-order valence-electron chi connectivity index (χ2n) is 4.63. The smallest absolute Gasteiger partial charge is 0.337 e. The van der Waals surface area contributed by atoms with Crippen molar-refractivity contribution in [3.05, 3.63) is 35.9 Å². The van der Waals surface area contributed by atoms with E-state index in [0.29, 0.717) is 0 Å². The standard InChI is InChI=1S/C13H16F2N2O4/c1-13(21,11(18)19)7-16-12(20)17-9(10(14)15)8-5-3-2-4-6-8/h2-6,9-10,21H,7H2,1H3,(H,18,19)(H2,16,17,20). The lowest BCUT2D eigenvalue weighted by Crippen LogP contribution is -2.50. The number of alkyl halides is 2. The largest absolute Gasteiger partial charge is 0.479 e. The number of benzene rings is 1. The summed E-state index contributed by atoms with van der Waals surface area (Å²) in [5, 5.41) is 22.2. The first kappa shape index (κ1) is 16.8. The fourth-order valence-electron chi connectivity index (χ4n) is 1.47. The Morgan fingerprint density at radius 3 is 2.33 bits per heavy atom. The maximum atomic E-state index is 13.0. The van der Waals surface area contributed by atoms with E-state index < -0.39 is 36.6 Å². The summed E-state index contributed by atoms with van der Waals surface area (Å²) in [5.41, 5.74) is -1.96. The van der Waals surface area contributed by atoms with Crippen molar-refractivity contribution in [1.82, 2.24) is 10.6 Å². The molecule has 0 aliphatic carbocycles. The first-order valence-electron chi connectivity index (χ1n) is 6.07. The van der Waals surface area contributed by atoms with Crippen LogP contribution in [-0.2, 0) is 4.79 Å². The van der Waals surface area contributed by atoms with Crippen molar-refractivity contribution < 1.29 is 28.6 Å².